The van der Waals surface area contributed by atoms with Gasteiger partial charge >= 0.3 is 5.97 Å². The van der Waals surface area contributed by atoms with Gasteiger partial charge in [-0.25, -0.2) is 8.42 Å². The zero-order valence-corrected chi connectivity index (χ0v) is 24.0. The van der Waals surface area contributed by atoms with Crippen LogP contribution in [-0.4, -0.2) is 33.6 Å². The molecule has 2 atom stereocenters. The maximum Gasteiger partial charge on any atom is 0.306 e. The minimum absolute atomic E-state index is 0.0292. The van der Waals surface area contributed by atoms with Crippen LogP contribution in [0.5, 0.6) is 5.75 Å². The van der Waals surface area contributed by atoms with Crippen molar-refractivity contribution >= 4 is 27.8 Å². The number of nitrogens with one attached hydrogen (secondary N) is 1. The lowest BCUT2D eigenvalue weighted by Crippen LogP contribution is -2.46. The number of esters is 1. The van der Waals surface area contributed by atoms with E-state index in [-0.39, 0.29) is 11.3 Å². The zero-order chi connectivity index (χ0) is 29.0. The van der Waals surface area contributed by atoms with Gasteiger partial charge in [0.25, 0.3) is 10.0 Å². The van der Waals surface area contributed by atoms with Gasteiger partial charge in [-0.05, 0) is 59.5 Å². The van der Waals surface area contributed by atoms with Crippen molar-refractivity contribution in [1.29, 1.82) is 0 Å². The molecule has 4 aromatic carbocycles. The number of nitrogens with zero attached hydrogens (tertiary/aromatic N) is 1. The van der Waals surface area contributed by atoms with Gasteiger partial charge in [-0.15, -0.1) is 4.83 Å². The van der Waals surface area contributed by atoms with Crippen LogP contribution in [0.15, 0.2) is 108 Å². The molecule has 0 aromatic heterocycles. The third-order valence-electron chi connectivity index (χ3n) is 7.28. The van der Waals surface area contributed by atoms with E-state index < -0.39 is 28.0 Å². The summed E-state index contributed by atoms with van der Waals surface area (Å²) in [5.41, 5.74) is 4.98. The molecule has 0 bridgehead atoms. The summed E-state index contributed by atoms with van der Waals surface area (Å²) in [5, 5.41) is 1.68. The first-order valence-corrected chi connectivity index (χ1v) is 14.7. The lowest BCUT2D eigenvalue weighted by atomic mass is 9.80. The molecule has 8 heteroatoms. The number of rotatable bonds is 9. The second-order valence-corrected chi connectivity index (χ2v) is 11.6. The molecule has 2 unspecified atom stereocenters. The Bertz CT molecular complexity index is 1650. The topological polar surface area (TPSA) is 84.9 Å². The molecular formula is C33H32N2O5S. The van der Waals surface area contributed by atoms with Crippen LogP contribution < -0.4 is 9.57 Å². The van der Waals surface area contributed by atoms with Gasteiger partial charge in [0.05, 0.1) is 37.3 Å². The van der Waals surface area contributed by atoms with Crippen LogP contribution in [0.1, 0.15) is 46.2 Å². The average molecular weight is 569 g/mol. The van der Waals surface area contributed by atoms with E-state index in [2.05, 4.69) is 4.83 Å². The first kappa shape index (κ1) is 28.1. The minimum Gasteiger partial charge on any atom is -0.497 e. The van der Waals surface area contributed by atoms with Gasteiger partial charge in [-0.2, -0.15) is 0 Å². The molecule has 1 aliphatic heterocycles. The van der Waals surface area contributed by atoms with Crippen LogP contribution in [-0.2, 0) is 19.6 Å². The van der Waals surface area contributed by atoms with E-state index >= 15 is 0 Å². The second kappa shape index (κ2) is 12.0. The Morgan fingerprint density at radius 1 is 0.902 bits per heavy atom. The number of aryl methyl sites for hydroxylation is 1. The summed E-state index contributed by atoms with van der Waals surface area (Å²) in [6, 6.07) is 31.0. The molecule has 1 aliphatic rings. The monoisotopic (exact) mass is 568 g/mol. The number of benzene rings is 4. The first-order chi connectivity index (χ1) is 19.8. The Hall–Kier alpha value is -4.40. The van der Waals surface area contributed by atoms with Gasteiger partial charge in [0.15, 0.2) is 0 Å². The van der Waals surface area contributed by atoms with E-state index in [9.17, 15) is 13.2 Å². The summed E-state index contributed by atoms with van der Waals surface area (Å²) in [7, 11) is -1.06. The number of carbonyl (C=O) groups is 1. The quantitative estimate of drug-likeness (QED) is 0.246. The summed E-state index contributed by atoms with van der Waals surface area (Å²) in [4.78, 5) is 15.9. The van der Waals surface area contributed by atoms with E-state index in [1.807, 2.05) is 91.9 Å². The SMILES string of the molecule is COC(=O)CC(c1ccccc1)C1c2ccc(OC)cc2C=C(c2ccccc2)N1NS(=O)(=O)c1ccc(C)cc1. The molecular weight excluding hydrogens is 536 g/mol. The highest BCUT2D eigenvalue weighted by Gasteiger charge is 2.39. The predicted octanol–water partition coefficient (Wildman–Crippen LogP) is 6.10. The van der Waals surface area contributed by atoms with Crippen LogP contribution in [0.2, 0.25) is 0 Å². The fraction of sp³-hybridized carbons (Fsp3) is 0.182. The fourth-order valence-corrected chi connectivity index (χ4v) is 6.26. The summed E-state index contributed by atoms with van der Waals surface area (Å²) in [5.74, 6) is -0.195. The van der Waals surface area contributed by atoms with E-state index in [0.29, 0.717) is 11.4 Å². The number of hydrogen-bond donors (Lipinski definition) is 1. The van der Waals surface area contributed by atoms with Crippen molar-refractivity contribution in [2.45, 2.75) is 30.2 Å². The molecule has 210 valence electrons. The molecule has 0 amide bonds. The molecule has 1 heterocycles. The number of fused-ring (bicyclic) bond motifs is 1. The molecule has 0 aliphatic carbocycles. The van der Waals surface area contributed by atoms with Gasteiger partial charge in [-0.3, -0.25) is 9.80 Å². The Labute approximate surface area is 241 Å². The maximum absolute atomic E-state index is 13.9. The van der Waals surface area contributed by atoms with Crippen molar-refractivity contribution in [1.82, 2.24) is 9.84 Å². The molecule has 41 heavy (non-hydrogen) atoms. The van der Waals surface area contributed by atoms with Gasteiger partial charge in [-0.1, -0.05) is 84.4 Å². The van der Waals surface area contributed by atoms with Crippen LogP contribution in [0.3, 0.4) is 0 Å². The summed E-state index contributed by atoms with van der Waals surface area (Å²) < 4.78 is 38.4. The molecule has 0 radical (unpaired) electrons. The second-order valence-electron chi connectivity index (χ2n) is 9.91. The largest absolute Gasteiger partial charge is 0.497 e. The smallest absolute Gasteiger partial charge is 0.306 e. The summed E-state index contributed by atoms with van der Waals surface area (Å²) in [6.07, 6.45) is 1.98. The standard InChI is InChI=1S/C33H32N2O5S/c1-23-14-17-28(18-15-23)41(37,38)34-35-31(25-12-8-5-9-13-25)21-26-20-27(39-2)16-19-29(26)33(35)30(22-32(36)40-3)24-10-6-4-7-11-24/h4-21,30,33-34H,22H2,1-3H3. The van der Waals surface area contributed by atoms with Crippen molar-refractivity contribution < 1.29 is 22.7 Å². The van der Waals surface area contributed by atoms with Crippen molar-refractivity contribution in [3.05, 3.63) is 131 Å². The van der Waals surface area contributed by atoms with Crippen molar-refractivity contribution in [3.63, 3.8) is 0 Å². The number of methoxy groups -OCH3 is 2. The Morgan fingerprint density at radius 3 is 2.20 bits per heavy atom. The average Bonchev–Trinajstić information content (AvgIpc) is 3.00. The van der Waals surface area contributed by atoms with E-state index in [1.54, 1.807) is 36.4 Å². The maximum atomic E-state index is 13.9. The Morgan fingerprint density at radius 2 is 1.56 bits per heavy atom. The van der Waals surface area contributed by atoms with Crippen LogP contribution in [0.4, 0.5) is 0 Å². The molecule has 1 N–H and O–H groups in total. The highest BCUT2D eigenvalue weighted by molar-refractivity contribution is 7.89. The lowest BCUT2D eigenvalue weighted by molar-refractivity contribution is -0.141. The highest BCUT2D eigenvalue weighted by Crippen LogP contribution is 2.47. The molecule has 0 fully saturated rings. The predicted molar refractivity (Wildman–Crippen MR) is 159 cm³/mol. The molecule has 4 aromatic rings. The Balaban J connectivity index is 1.75. The molecule has 5 rings (SSSR count). The number of carbonyl (C=O) groups excluding carboxylic acids is 1. The van der Waals surface area contributed by atoms with Crippen molar-refractivity contribution in [3.8, 4) is 5.75 Å². The van der Waals surface area contributed by atoms with Crippen molar-refractivity contribution in [2.24, 2.45) is 0 Å². The normalized spacial score (nSPS) is 15.4. The molecule has 0 saturated carbocycles. The zero-order valence-electron chi connectivity index (χ0n) is 23.2. The van der Waals surface area contributed by atoms with Crippen LogP contribution >= 0.6 is 0 Å². The van der Waals surface area contributed by atoms with Gasteiger partial charge in [0.2, 0.25) is 0 Å². The van der Waals surface area contributed by atoms with Gasteiger partial charge < -0.3 is 9.47 Å². The third-order valence-corrected chi connectivity index (χ3v) is 8.61. The molecule has 0 saturated heterocycles. The summed E-state index contributed by atoms with van der Waals surface area (Å²) in [6.45, 7) is 1.91. The van der Waals surface area contributed by atoms with Crippen LogP contribution in [0.25, 0.3) is 11.8 Å². The third kappa shape index (κ3) is 6.04. The molecule has 0 spiro atoms. The van der Waals surface area contributed by atoms with Gasteiger partial charge in [0, 0.05) is 5.92 Å². The van der Waals surface area contributed by atoms with Gasteiger partial charge in [0.1, 0.15) is 5.75 Å². The lowest BCUT2D eigenvalue weighted by Gasteiger charge is -2.43. The van der Waals surface area contributed by atoms with E-state index in [1.165, 1.54) is 7.11 Å². The minimum atomic E-state index is -4.02. The Kier molecular flexibility index (Phi) is 8.23. The summed E-state index contributed by atoms with van der Waals surface area (Å²) >= 11 is 0. The fourth-order valence-electron chi connectivity index (χ4n) is 5.19. The number of hydrazine groups is 1. The number of ether oxygens (including phenoxy) is 2. The van der Waals surface area contributed by atoms with Crippen molar-refractivity contribution in [2.75, 3.05) is 14.2 Å². The highest BCUT2D eigenvalue weighted by atomic mass is 32.2. The van der Waals surface area contributed by atoms with Crippen LogP contribution in [0, 0.1) is 6.92 Å². The van der Waals surface area contributed by atoms with E-state index in [4.69, 9.17) is 9.47 Å². The molecule has 7 nitrogen and oxygen atoms in total. The number of hydrogen-bond acceptors (Lipinski definition) is 6. The number of sulfonamides is 1. The first-order valence-electron chi connectivity index (χ1n) is 13.3. The van der Waals surface area contributed by atoms with E-state index in [0.717, 1.165) is 27.8 Å².